The molecule has 0 heterocycles. The first-order chi connectivity index (χ1) is 8.70. The molecule has 4 heteroatoms. The van der Waals surface area contributed by atoms with E-state index in [-0.39, 0.29) is 17.7 Å². The average molecular weight is 244 g/mol. The van der Waals surface area contributed by atoms with Crippen LogP contribution in [0.3, 0.4) is 0 Å². The van der Waals surface area contributed by atoms with Crippen molar-refractivity contribution in [1.82, 2.24) is 5.32 Å². The van der Waals surface area contributed by atoms with E-state index < -0.39 is 0 Å². The molecule has 0 atom stereocenters. The predicted octanol–water partition coefficient (Wildman–Crippen LogP) is 1.95. The van der Waals surface area contributed by atoms with E-state index in [4.69, 9.17) is 0 Å². The van der Waals surface area contributed by atoms with Gasteiger partial charge in [0.05, 0.1) is 0 Å². The van der Waals surface area contributed by atoms with E-state index in [2.05, 4.69) is 17.2 Å². The van der Waals surface area contributed by atoms with Crippen LogP contribution in [0.5, 0.6) is 0 Å². The molecule has 0 aliphatic heterocycles. The number of benzene rings is 1. The van der Waals surface area contributed by atoms with Crippen LogP contribution in [0.15, 0.2) is 36.9 Å². The number of carbonyl (C=O) groups excluding carboxylic acids is 2. The molecular weight excluding hydrogens is 228 g/mol. The van der Waals surface area contributed by atoms with Gasteiger partial charge >= 0.3 is 0 Å². The zero-order valence-corrected chi connectivity index (χ0v) is 10.1. The van der Waals surface area contributed by atoms with Gasteiger partial charge in [0.25, 0.3) is 5.91 Å². The summed E-state index contributed by atoms with van der Waals surface area (Å²) in [6.07, 6.45) is 3.55. The minimum Gasteiger partial charge on any atom is -0.349 e. The van der Waals surface area contributed by atoms with E-state index >= 15 is 0 Å². The summed E-state index contributed by atoms with van der Waals surface area (Å²) >= 11 is 0. The maximum absolute atomic E-state index is 11.7. The fourth-order valence-corrected chi connectivity index (χ4v) is 1.59. The van der Waals surface area contributed by atoms with Crippen LogP contribution in [-0.4, -0.2) is 18.4 Å². The molecule has 1 aromatic rings. The van der Waals surface area contributed by atoms with Crippen LogP contribution in [0.25, 0.3) is 0 Å². The van der Waals surface area contributed by atoms with Gasteiger partial charge in [-0.3, -0.25) is 9.59 Å². The lowest BCUT2D eigenvalue weighted by molar-refractivity contribution is -0.117. The maximum atomic E-state index is 11.7. The predicted molar refractivity (Wildman–Crippen MR) is 70.3 cm³/mol. The third kappa shape index (κ3) is 3.20. The van der Waals surface area contributed by atoms with Gasteiger partial charge in [0.2, 0.25) is 5.91 Å². The number of anilines is 1. The van der Waals surface area contributed by atoms with Crippen molar-refractivity contribution in [1.29, 1.82) is 0 Å². The van der Waals surface area contributed by atoms with Crippen LogP contribution < -0.4 is 10.6 Å². The van der Waals surface area contributed by atoms with Crippen molar-refractivity contribution < 1.29 is 9.59 Å². The highest BCUT2D eigenvalue weighted by Gasteiger charge is 2.29. The highest BCUT2D eigenvalue weighted by Crippen LogP contribution is 2.30. The molecule has 18 heavy (non-hydrogen) atoms. The Kier molecular flexibility index (Phi) is 3.77. The molecule has 1 saturated carbocycles. The van der Waals surface area contributed by atoms with Gasteiger partial charge in [0.15, 0.2) is 0 Å². The van der Waals surface area contributed by atoms with Gasteiger partial charge < -0.3 is 10.6 Å². The summed E-state index contributed by atoms with van der Waals surface area (Å²) in [4.78, 5) is 23.3. The van der Waals surface area contributed by atoms with E-state index in [0.717, 1.165) is 12.8 Å². The Bertz CT molecular complexity index is 478. The van der Waals surface area contributed by atoms with Gasteiger partial charge in [-0.1, -0.05) is 12.1 Å². The van der Waals surface area contributed by atoms with Gasteiger partial charge in [0.1, 0.15) is 0 Å². The molecule has 1 fully saturated rings. The van der Waals surface area contributed by atoms with Gasteiger partial charge in [0, 0.05) is 23.7 Å². The van der Waals surface area contributed by atoms with E-state index in [1.807, 2.05) is 0 Å². The molecule has 2 amide bonds. The summed E-state index contributed by atoms with van der Waals surface area (Å²) in [5, 5.41) is 5.51. The molecule has 1 aliphatic carbocycles. The van der Waals surface area contributed by atoms with Crippen LogP contribution in [0.4, 0.5) is 5.69 Å². The summed E-state index contributed by atoms with van der Waals surface area (Å²) < 4.78 is 0. The van der Waals surface area contributed by atoms with Gasteiger partial charge in [-0.25, -0.2) is 0 Å². The molecule has 0 unspecified atom stereocenters. The molecule has 0 saturated heterocycles. The lowest BCUT2D eigenvalue weighted by atomic mass is 10.2. The second-order valence-corrected chi connectivity index (χ2v) is 4.34. The van der Waals surface area contributed by atoms with Crippen LogP contribution >= 0.6 is 0 Å². The molecule has 0 radical (unpaired) electrons. The molecule has 1 aliphatic rings. The Balaban J connectivity index is 2.01. The van der Waals surface area contributed by atoms with E-state index in [0.29, 0.717) is 17.8 Å². The average Bonchev–Trinajstić information content (AvgIpc) is 3.20. The summed E-state index contributed by atoms with van der Waals surface area (Å²) in [6.45, 7) is 3.97. The summed E-state index contributed by atoms with van der Waals surface area (Å²) in [5.41, 5.74) is 1.20. The van der Waals surface area contributed by atoms with Gasteiger partial charge in [-0.15, -0.1) is 6.58 Å². The van der Waals surface area contributed by atoms with Crippen molar-refractivity contribution in [3.63, 3.8) is 0 Å². The number of carbonyl (C=O) groups is 2. The Hall–Kier alpha value is -2.10. The van der Waals surface area contributed by atoms with Crippen molar-refractivity contribution >= 4 is 17.5 Å². The highest BCUT2D eigenvalue weighted by molar-refractivity contribution is 5.98. The number of hydrogen-bond donors (Lipinski definition) is 2. The first-order valence-electron chi connectivity index (χ1n) is 6.00. The molecule has 0 aromatic heterocycles. The number of hydrogen-bond acceptors (Lipinski definition) is 2. The molecular formula is C14H16N2O2. The van der Waals surface area contributed by atoms with Crippen molar-refractivity contribution in [3.05, 3.63) is 42.5 Å². The van der Waals surface area contributed by atoms with Crippen LogP contribution in [0.1, 0.15) is 23.2 Å². The minimum absolute atomic E-state index is 0.0404. The number of nitrogens with one attached hydrogen (secondary N) is 2. The number of rotatable bonds is 5. The summed E-state index contributed by atoms with van der Waals surface area (Å²) in [7, 11) is 0. The van der Waals surface area contributed by atoms with Crippen LogP contribution in [0, 0.1) is 5.92 Å². The largest absolute Gasteiger partial charge is 0.349 e. The third-order valence-corrected chi connectivity index (χ3v) is 2.75. The quantitative estimate of drug-likeness (QED) is 0.778. The molecule has 0 bridgehead atoms. The standard InChI is InChI=1S/C14H16N2O2/c1-2-8-15-13(17)11-4-3-5-12(9-11)16-14(18)10-6-7-10/h2-5,9-10H,1,6-8H2,(H,15,17)(H,16,18). The lowest BCUT2D eigenvalue weighted by Gasteiger charge is -2.07. The van der Waals surface area contributed by atoms with Crippen LogP contribution in [-0.2, 0) is 4.79 Å². The zero-order chi connectivity index (χ0) is 13.0. The molecule has 94 valence electrons. The van der Waals surface area contributed by atoms with Crippen molar-refractivity contribution in [3.8, 4) is 0 Å². The molecule has 2 N–H and O–H groups in total. The minimum atomic E-state index is -0.169. The molecule has 2 rings (SSSR count). The maximum Gasteiger partial charge on any atom is 0.251 e. The fraction of sp³-hybridized carbons (Fsp3) is 0.286. The normalized spacial score (nSPS) is 13.8. The van der Waals surface area contributed by atoms with E-state index in [1.165, 1.54) is 0 Å². The van der Waals surface area contributed by atoms with Crippen LogP contribution in [0.2, 0.25) is 0 Å². The van der Waals surface area contributed by atoms with Crippen molar-refractivity contribution in [2.45, 2.75) is 12.8 Å². The SMILES string of the molecule is C=CCNC(=O)c1cccc(NC(=O)C2CC2)c1. The fourth-order valence-electron chi connectivity index (χ4n) is 1.59. The second-order valence-electron chi connectivity index (χ2n) is 4.34. The van der Waals surface area contributed by atoms with E-state index in [9.17, 15) is 9.59 Å². The molecule has 1 aromatic carbocycles. The van der Waals surface area contributed by atoms with E-state index in [1.54, 1.807) is 30.3 Å². The first kappa shape index (κ1) is 12.4. The second kappa shape index (κ2) is 5.49. The zero-order valence-electron chi connectivity index (χ0n) is 10.1. The smallest absolute Gasteiger partial charge is 0.251 e. The Morgan fingerprint density at radius 3 is 2.83 bits per heavy atom. The first-order valence-corrected chi connectivity index (χ1v) is 6.00. The monoisotopic (exact) mass is 244 g/mol. The third-order valence-electron chi connectivity index (χ3n) is 2.75. The van der Waals surface area contributed by atoms with Crippen molar-refractivity contribution in [2.75, 3.05) is 11.9 Å². The Labute approximate surface area is 106 Å². The molecule has 0 spiro atoms. The summed E-state index contributed by atoms with van der Waals surface area (Å²) in [5.74, 6) is 0.0271. The van der Waals surface area contributed by atoms with Gasteiger partial charge in [-0.2, -0.15) is 0 Å². The highest BCUT2D eigenvalue weighted by atomic mass is 16.2. The Morgan fingerprint density at radius 1 is 1.39 bits per heavy atom. The summed E-state index contributed by atoms with van der Waals surface area (Å²) in [6, 6.07) is 6.93. The molecule has 4 nitrogen and oxygen atoms in total. The Morgan fingerprint density at radius 2 is 2.17 bits per heavy atom. The number of amides is 2. The lowest BCUT2D eigenvalue weighted by Crippen LogP contribution is -2.23. The van der Waals surface area contributed by atoms with Crippen molar-refractivity contribution in [2.24, 2.45) is 5.92 Å². The van der Waals surface area contributed by atoms with Gasteiger partial charge in [-0.05, 0) is 31.0 Å². The topological polar surface area (TPSA) is 58.2 Å².